The smallest absolute Gasteiger partial charge is 0.321 e. The number of urea groups is 1. The van der Waals surface area contributed by atoms with Crippen LogP contribution in [-0.2, 0) is 0 Å². The normalized spacial score (nSPS) is 14.2. The average molecular weight is 352 g/mol. The Morgan fingerprint density at radius 2 is 1.54 bits per heavy atom. The van der Waals surface area contributed by atoms with E-state index in [0.717, 1.165) is 45.0 Å². The molecule has 1 fully saturated rings. The zero-order valence-electron chi connectivity index (χ0n) is 15.7. The molecule has 138 valence electrons. The first kappa shape index (κ1) is 18.1. The van der Waals surface area contributed by atoms with Crippen LogP contribution in [0.5, 0.6) is 0 Å². The summed E-state index contributed by atoms with van der Waals surface area (Å²) >= 11 is 0. The third-order valence-corrected chi connectivity index (χ3v) is 4.94. The van der Waals surface area contributed by atoms with E-state index >= 15 is 0 Å². The Labute approximate surface area is 156 Å². The Hall–Kier alpha value is -2.69. The van der Waals surface area contributed by atoms with Crippen molar-refractivity contribution in [1.29, 1.82) is 0 Å². The Kier molecular flexibility index (Phi) is 6.00. The first-order chi connectivity index (χ1) is 12.7. The topological polar surface area (TPSA) is 38.8 Å². The van der Waals surface area contributed by atoms with Crippen LogP contribution in [0.25, 0.3) is 0 Å². The fraction of sp³-hybridized carbons (Fsp3) is 0.381. The zero-order valence-corrected chi connectivity index (χ0v) is 15.7. The number of carbonyl (C=O) groups excluding carboxylic acids is 1. The highest BCUT2D eigenvalue weighted by Crippen LogP contribution is 2.22. The van der Waals surface area contributed by atoms with Gasteiger partial charge in [0.1, 0.15) is 0 Å². The van der Waals surface area contributed by atoms with Crippen molar-refractivity contribution in [2.75, 3.05) is 54.4 Å². The zero-order chi connectivity index (χ0) is 18.4. The number of anilines is 3. The summed E-state index contributed by atoms with van der Waals surface area (Å²) in [5, 5.41) is 2.96. The second kappa shape index (κ2) is 8.61. The Balaban J connectivity index is 1.54. The van der Waals surface area contributed by atoms with Gasteiger partial charge in [0.25, 0.3) is 0 Å². The van der Waals surface area contributed by atoms with Crippen molar-refractivity contribution in [3.8, 4) is 0 Å². The number of carbonyl (C=O) groups is 1. The number of nitrogens with one attached hydrogen (secondary N) is 1. The molecule has 2 aromatic carbocycles. The maximum Gasteiger partial charge on any atom is 0.321 e. The third-order valence-electron chi connectivity index (χ3n) is 4.94. The molecule has 0 unspecified atom stereocenters. The molecule has 3 rings (SSSR count). The van der Waals surface area contributed by atoms with Gasteiger partial charge in [0, 0.05) is 56.3 Å². The number of rotatable bonds is 5. The summed E-state index contributed by atoms with van der Waals surface area (Å²) in [7, 11) is 0. The minimum Gasteiger partial charge on any atom is -0.372 e. The maximum atomic E-state index is 12.4. The number of nitrogens with zero attached hydrogens (tertiary/aromatic N) is 3. The number of hydrogen-bond acceptors (Lipinski definition) is 3. The summed E-state index contributed by atoms with van der Waals surface area (Å²) < 4.78 is 0. The van der Waals surface area contributed by atoms with Gasteiger partial charge in [-0.1, -0.05) is 18.2 Å². The van der Waals surface area contributed by atoms with Crippen molar-refractivity contribution in [3.63, 3.8) is 0 Å². The van der Waals surface area contributed by atoms with Crippen LogP contribution in [0.3, 0.4) is 0 Å². The lowest BCUT2D eigenvalue weighted by Gasteiger charge is -2.36. The van der Waals surface area contributed by atoms with Crippen molar-refractivity contribution in [2.45, 2.75) is 13.8 Å². The van der Waals surface area contributed by atoms with E-state index in [1.807, 2.05) is 35.2 Å². The van der Waals surface area contributed by atoms with Gasteiger partial charge in [-0.15, -0.1) is 0 Å². The SMILES string of the molecule is CCN(CC)c1ccc(N2CCN(C(=O)Nc3ccccc3)CC2)cc1. The van der Waals surface area contributed by atoms with E-state index in [-0.39, 0.29) is 6.03 Å². The van der Waals surface area contributed by atoms with Crippen LogP contribution in [0.15, 0.2) is 54.6 Å². The molecule has 1 N–H and O–H groups in total. The highest BCUT2D eigenvalue weighted by atomic mass is 16.2. The van der Waals surface area contributed by atoms with Crippen LogP contribution in [0.2, 0.25) is 0 Å². The summed E-state index contributed by atoms with van der Waals surface area (Å²) in [4.78, 5) is 19.0. The molecule has 0 atom stereocenters. The molecule has 0 spiro atoms. The molecule has 0 saturated carbocycles. The lowest BCUT2D eigenvalue weighted by atomic mass is 10.2. The summed E-state index contributed by atoms with van der Waals surface area (Å²) in [6.07, 6.45) is 0. The van der Waals surface area contributed by atoms with Crippen molar-refractivity contribution in [1.82, 2.24) is 4.90 Å². The highest BCUT2D eigenvalue weighted by Gasteiger charge is 2.21. The van der Waals surface area contributed by atoms with E-state index in [2.05, 4.69) is 53.2 Å². The highest BCUT2D eigenvalue weighted by molar-refractivity contribution is 5.89. The predicted octanol–water partition coefficient (Wildman–Crippen LogP) is 3.89. The minimum absolute atomic E-state index is 0.0206. The van der Waals surface area contributed by atoms with Crippen molar-refractivity contribution >= 4 is 23.1 Å². The fourth-order valence-corrected chi connectivity index (χ4v) is 3.35. The molecule has 2 amide bonds. The minimum atomic E-state index is -0.0206. The van der Waals surface area contributed by atoms with Gasteiger partial charge >= 0.3 is 6.03 Å². The number of para-hydroxylation sites is 1. The van der Waals surface area contributed by atoms with Crippen LogP contribution in [0.4, 0.5) is 21.9 Å². The standard InChI is InChI=1S/C21H28N4O/c1-3-23(4-2)19-10-12-20(13-11-19)24-14-16-25(17-15-24)21(26)22-18-8-6-5-7-9-18/h5-13H,3-4,14-17H2,1-2H3,(H,22,26). The van der Waals surface area contributed by atoms with Crippen LogP contribution >= 0.6 is 0 Å². The van der Waals surface area contributed by atoms with Gasteiger partial charge in [-0.2, -0.15) is 0 Å². The molecule has 5 heteroatoms. The van der Waals surface area contributed by atoms with Gasteiger partial charge in [0.2, 0.25) is 0 Å². The first-order valence-corrected chi connectivity index (χ1v) is 9.42. The van der Waals surface area contributed by atoms with E-state index in [1.54, 1.807) is 0 Å². The van der Waals surface area contributed by atoms with Gasteiger partial charge in [-0.05, 0) is 50.2 Å². The van der Waals surface area contributed by atoms with Gasteiger partial charge in [0.15, 0.2) is 0 Å². The quantitative estimate of drug-likeness (QED) is 0.887. The largest absolute Gasteiger partial charge is 0.372 e. The molecule has 1 heterocycles. The molecule has 0 aliphatic carbocycles. The number of piperazine rings is 1. The molecule has 5 nitrogen and oxygen atoms in total. The van der Waals surface area contributed by atoms with E-state index < -0.39 is 0 Å². The molecule has 2 aromatic rings. The van der Waals surface area contributed by atoms with Crippen molar-refractivity contribution in [2.24, 2.45) is 0 Å². The lowest BCUT2D eigenvalue weighted by Crippen LogP contribution is -2.50. The maximum absolute atomic E-state index is 12.4. The second-order valence-corrected chi connectivity index (χ2v) is 6.46. The van der Waals surface area contributed by atoms with Gasteiger partial charge in [-0.25, -0.2) is 4.79 Å². The number of amides is 2. The monoisotopic (exact) mass is 352 g/mol. The summed E-state index contributed by atoms with van der Waals surface area (Å²) in [6.45, 7) is 9.57. The number of hydrogen-bond donors (Lipinski definition) is 1. The Bertz CT molecular complexity index is 690. The van der Waals surface area contributed by atoms with Crippen LogP contribution in [-0.4, -0.2) is 50.2 Å². The molecule has 0 aromatic heterocycles. The molecular formula is C21H28N4O. The van der Waals surface area contributed by atoms with E-state index in [4.69, 9.17) is 0 Å². The molecule has 1 saturated heterocycles. The lowest BCUT2D eigenvalue weighted by molar-refractivity contribution is 0.208. The summed E-state index contributed by atoms with van der Waals surface area (Å²) in [6, 6.07) is 18.4. The van der Waals surface area contributed by atoms with E-state index in [9.17, 15) is 4.79 Å². The third kappa shape index (κ3) is 4.28. The van der Waals surface area contributed by atoms with Crippen LogP contribution in [0.1, 0.15) is 13.8 Å². The van der Waals surface area contributed by atoms with Crippen molar-refractivity contribution in [3.05, 3.63) is 54.6 Å². The molecule has 26 heavy (non-hydrogen) atoms. The Morgan fingerprint density at radius 3 is 2.12 bits per heavy atom. The summed E-state index contributed by atoms with van der Waals surface area (Å²) in [5.41, 5.74) is 3.33. The summed E-state index contributed by atoms with van der Waals surface area (Å²) in [5.74, 6) is 0. The molecule has 0 radical (unpaired) electrons. The average Bonchev–Trinajstić information content (AvgIpc) is 2.70. The van der Waals surface area contributed by atoms with Crippen LogP contribution in [0, 0.1) is 0 Å². The van der Waals surface area contributed by atoms with Gasteiger partial charge in [-0.3, -0.25) is 0 Å². The van der Waals surface area contributed by atoms with Gasteiger partial charge < -0.3 is 20.0 Å². The van der Waals surface area contributed by atoms with E-state index in [0.29, 0.717) is 0 Å². The first-order valence-electron chi connectivity index (χ1n) is 9.42. The number of benzene rings is 2. The second-order valence-electron chi connectivity index (χ2n) is 6.46. The fourth-order valence-electron chi connectivity index (χ4n) is 3.35. The molecular weight excluding hydrogens is 324 g/mol. The predicted molar refractivity (Wildman–Crippen MR) is 109 cm³/mol. The van der Waals surface area contributed by atoms with Crippen LogP contribution < -0.4 is 15.1 Å². The van der Waals surface area contributed by atoms with Crippen molar-refractivity contribution < 1.29 is 4.79 Å². The Morgan fingerprint density at radius 1 is 0.923 bits per heavy atom. The molecule has 0 bridgehead atoms. The van der Waals surface area contributed by atoms with Gasteiger partial charge in [0.05, 0.1) is 0 Å². The molecule has 1 aliphatic heterocycles. The molecule has 1 aliphatic rings. The van der Waals surface area contributed by atoms with E-state index in [1.165, 1.54) is 11.4 Å².